The van der Waals surface area contributed by atoms with E-state index in [1.54, 1.807) is 11.1 Å². The quantitative estimate of drug-likeness (QED) is 0.750. The first kappa shape index (κ1) is 12.0. The van der Waals surface area contributed by atoms with Gasteiger partial charge < -0.3 is 4.90 Å². The number of hydrogen-bond donors (Lipinski definition) is 0. The Bertz CT molecular complexity index is 439. The smallest absolute Gasteiger partial charge is 0.228 e. The van der Waals surface area contributed by atoms with Gasteiger partial charge in [0, 0.05) is 18.2 Å². The molecule has 0 spiro atoms. The first-order valence-electron chi connectivity index (χ1n) is 5.81. The average Bonchev–Trinajstić information content (AvgIpc) is 2.14. The Hall–Kier alpha value is -1.45. The van der Waals surface area contributed by atoms with Crippen LogP contribution in [0.25, 0.3) is 0 Å². The van der Waals surface area contributed by atoms with Crippen LogP contribution in [0.1, 0.15) is 38.8 Å². The molecule has 2 rings (SSSR count). The molecule has 1 aliphatic heterocycles. The van der Waals surface area contributed by atoms with Crippen molar-refractivity contribution in [1.29, 1.82) is 0 Å². The van der Waals surface area contributed by atoms with Crippen LogP contribution >= 0.6 is 0 Å². The van der Waals surface area contributed by atoms with Gasteiger partial charge >= 0.3 is 0 Å². The summed E-state index contributed by atoms with van der Waals surface area (Å²) in [5.74, 6) is -0.240. The minimum absolute atomic E-state index is 0.00933. The molecule has 4 heteroatoms. The molecule has 0 aromatic carbocycles. The van der Waals surface area contributed by atoms with E-state index < -0.39 is 0 Å². The predicted octanol–water partition coefficient (Wildman–Crippen LogP) is 2.54. The van der Waals surface area contributed by atoms with Crippen molar-refractivity contribution in [2.45, 2.75) is 33.2 Å². The van der Waals surface area contributed by atoms with Gasteiger partial charge in [0.2, 0.25) is 5.91 Å². The lowest BCUT2D eigenvalue weighted by atomic mass is 9.88. The van der Waals surface area contributed by atoms with E-state index in [0.717, 1.165) is 18.5 Å². The van der Waals surface area contributed by atoms with Gasteiger partial charge in [-0.05, 0) is 18.1 Å². The third-order valence-corrected chi connectivity index (χ3v) is 3.03. The van der Waals surface area contributed by atoms with E-state index in [1.165, 1.54) is 12.3 Å². The van der Waals surface area contributed by atoms with Crippen molar-refractivity contribution in [3.63, 3.8) is 0 Å². The lowest BCUT2D eigenvalue weighted by Gasteiger charge is -2.44. The molecule has 0 radical (unpaired) electrons. The number of nitrogens with zero attached hydrogens (tertiary/aromatic N) is 2. The van der Waals surface area contributed by atoms with E-state index in [4.69, 9.17) is 0 Å². The minimum Gasteiger partial charge on any atom is -0.335 e. The number of rotatable bonds is 1. The summed E-state index contributed by atoms with van der Waals surface area (Å²) in [5, 5.41) is 0. The predicted molar refractivity (Wildman–Crippen MR) is 62.7 cm³/mol. The molecule has 0 N–H and O–H groups in total. The molecule has 17 heavy (non-hydrogen) atoms. The van der Waals surface area contributed by atoms with Crippen molar-refractivity contribution < 1.29 is 9.18 Å². The van der Waals surface area contributed by atoms with Gasteiger partial charge in [-0.1, -0.05) is 20.8 Å². The van der Waals surface area contributed by atoms with Crippen molar-refractivity contribution in [2.24, 2.45) is 5.41 Å². The van der Waals surface area contributed by atoms with Gasteiger partial charge in [-0.25, -0.2) is 4.39 Å². The highest BCUT2D eigenvalue weighted by atomic mass is 19.1. The maximum absolute atomic E-state index is 13.1. The SMILES string of the molecule is CC(C)(C)C(=O)N1CCC1c1cncc(F)c1. The van der Waals surface area contributed by atoms with E-state index in [2.05, 4.69) is 4.98 Å². The zero-order valence-electron chi connectivity index (χ0n) is 10.4. The van der Waals surface area contributed by atoms with Gasteiger partial charge in [0.1, 0.15) is 5.82 Å². The first-order chi connectivity index (χ1) is 7.89. The molecule has 1 aliphatic rings. The van der Waals surface area contributed by atoms with E-state index in [9.17, 15) is 9.18 Å². The average molecular weight is 236 g/mol. The summed E-state index contributed by atoms with van der Waals surface area (Å²) in [4.78, 5) is 17.8. The minimum atomic E-state index is -0.389. The van der Waals surface area contributed by atoms with Crippen LogP contribution in [-0.2, 0) is 4.79 Å². The van der Waals surface area contributed by atoms with Crippen LogP contribution in [0.5, 0.6) is 0 Å². The van der Waals surface area contributed by atoms with Crippen molar-refractivity contribution >= 4 is 5.91 Å². The molecule has 3 nitrogen and oxygen atoms in total. The standard InChI is InChI=1S/C13H17FN2O/c1-13(2,3)12(17)16-5-4-11(16)9-6-10(14)8-15-7-9/h6-8,11H,4-5H2,1-3H3. The second-order valence-electron chi connectivity index (χ2n) is 5.49. The number of halogens is 1. The number of pyridine rings is 1. The summed E-state index contributed by atoms with van der Waals surface area (Å²) >= 11 is 0. The Kier molecular flexibility index (Phi) is 2.89. The van der Waals surface area contributed by atoms with Crippen molar-refractivity contribution in [1.82, 2.24) is 9.88 Å². The van der Waals surface area contributed by atoms with Crippen molar-refractivity contribution in [2.75, 3.05) is 6.54 Å². The molecular formula is C13H17FN2O. The fourth-order valence-corrected chi connectivity index (χ4v) is 2.02. The molecule has 1 aromatic rings. The summed E-state index contributed by atoms with van der Waals surface area (Å²) < 4.78 is 13.1. The van der Waals surface area contributed by atoms with E-state index in [1.807, 2.05) is 20.8 Å². The Morgan fingerprint density at radius 2 is 2.18 bits per heavy atom. The highest BCUT2D eigenvalue weighted by molar-refractivity contribution is 5.82. The summed E-state index contributed by atoms with van der Waals surface area (Å²) in [6, 6.07) is 1.45. The topological polar surface area (TPSA) is 33.2 Å². The second-order valence-corrected chi connectivity index (χ2v) is 5.49. The number of carbonyl (C=O) groups is 1. The van der Waals surface area contributed by atoms with Gasteiger partial charge in [-0.2, -0.15) is 0 Å². The summed E-state index contributed by atoms with van der Waals surface area (Å²) in [7, 11) is 0. The van der Waals surface area contributed by atoms with Gasteiger partial charge in [-0.3, -0.25) is 9.78 Å². The molecule has 1 aromatic heterocycles. The van der Waals surface area contributed by atoms with Crippen LogP contribution in [0.2, 0.25) is 0 Å². The van der Waals surface area contributed by atoms with Crippen molar-refractivity contribution in [3.05, 3.63) is 29.8 Å². The molecule has 92 valence electrons. The van der Waals surface area contributed by atoms with Crippen LogP contribution in [0, 0.1) is 11.2 Å². The van der Waals surface area contributed by atoms with Crippen LogP contribution in [0.15, 0.2) is 18.5 Å². The third kappa shape index (κ3) is 2.30. The van der Waals surface area contributed by atoms with Crippen LogP contribution in [0.3, 0.4) is 0 Å². The van der Waals surface area contributed by atoms with Crippen LogP contribution < -0.4 is 0 Å². The van der Waals surface area contributed by atoms with E-state index in [0.29, 0.717) is 0 Å². The normalized spacial score (nSPS) is 20.0. The number of hydrogen-bond acceptors (Lipinski definition) is 2. The molecule has 2 heterocycles. The number of aromatic nitrogens is 1. The molecule has 0 saturated carbocycles. The molecule has 1 saturated heterocycles. The third-order valence-electron chi connectivity index (χ3n) is 3.03. The zero-order chi connectivity index (χ0) is 12.6. The van der Waals surface area contributed by atoms with Crippen LogP contribution in [0.4, 0.5) is 4.39 Å². The van der Waals surface area contributed by atoms with Gasteiger partial charge in [-0.15, -0.1) is 0 Å². The maximum Gasteiger partial charge on any atom is 0.228 e. The van der Waals surface area contributed by atoms with Crippen molar-refractivity contribution in [3.8, 4) is 0 Å². The van der Waals surface area contributed by atoms with Gasteiger partial charge in [0.15, 0.2) is 0 Å². The Morgan fingerprint density at radius 1 is 1.47 bits per heavy atom. The molecule has 1 unspecified atom stereocenters. The summed E-state index contributed by atoms with van der Waals surface area (Å²) in [5.41, 5.74) is 0.397. The lowest BCUT2D eigenvalue weighted by molar-refractivity contribution is -0.147. The number of amides is 1. The summed E-state index contributed by atoms with van der Waals surface area (Å²) in [6.07, 6.45) is 3.70. The summed E-state index contributed by atoms with van der Waals surface area (Å²) in [6.45, 7) is 6.44. The largest absolute Gasteiger partial charge is 0.335 e. The number of carbonyl (C=O) groups excluding carboxylic acids is 1. The molecule has 1 fully saturated rings. The Balaban J connectivity index is 2.17. The first-order valence-corrected chi connectivity index (χ1v) is 5.81. The highest BCUT2D eigenvalue weighted by Gasteiger charge is 2.38. The zero-order valence-corrected chi connectivity index (χ0v) is 10.4. The molecule has 1 atom stereocenters. The molecule has 0 aliphatic carbocycles. The molecule has 1 amide bonds. The Labute approximate surface area is 101 Å². The maximum atomic E-state index is 13.1. The monoisotopic (exact) mass is 236 g/mol. The van der Waals surface area contributed by atoms with Gasteiger partial charge in [0.25, 0.3) is 0 Å². The van der Waals surface area contributed by atoms with Gasteiger partial charge in [0.05, 0.1) is 12.2 Å². The van der Waals surface area contributed by atoms with E-state index >= 15 is 0 Å². The number of likely N-dealkylation sites (tertiary alicyclic amines) is 1. The fourth-order valence-electron chi connectivity index (χ4n) is 2.02. The lowest BCUT2D eigenvalue weighted by Crippen LogP contribution is -2.49. The second kappa shape index (κ2) is 4.09. The van der Waals surface area contributed by atoms with E-state index in [-0.39, 0.29) is 23.2 Å². The molecule has 0 bridgehead atoms. The highest BCUT2D eigenvalue weighted by Crippen LogP contribution is 2.36. The van der Waals surface area contributed by atoms with Crippen LogP contribution in [-0.4, -0.2) is 22.3 Å². The molecular weight excluding hydrogens is 219 g/mol. The fraction of sp³-hybridized carbons (Fsp3) is 0.538. The Morgan fingerprint density at radius 3 is 2.65 bits per heavy atom.